The van der Waals surface area contributed by atoms with Gasteiger partial charge in [-0.3, -0.25) is 0 Å². The summed E-state index contributed by atoms with van der Waals surface area (Å²) >= 11 is 0. The molecule has 0 spiro atoms. The van der Waals surface area contributed by atoms with E-state index in [0.717, 1.165) is 23.4 Å². The van der Waals surface area contributed by atoms with E-state index < -0.39 is 0 Å². The van der Waals surface area contributed by atoms with E-state index in [-0.39, 0.29) is 0 Å². The molecule has 2 heteroatoms. The van der Waals surface area contributed by atoms with Crippen molar-refractivity contribution < 1.29 is 9.47 Å². The van der Waals surface area contributed by atoms with Crippen molar-refractivity contribution >= 4 is 0 Å². The summed E-state index contributed by atoms with van der Waals surface area (Å²) < 4.78 is 11.6. The van der Waals surface area contributed by atoms with Gasteiger partial charge in [0.15, 0.2) is 11.5 Å². The maximum Gasteiger partial charge on any atom is 0.231 e. The standard InChI is InChI=1S/C20H30O2/c1-13(2)5-7-16-8-6-15(4)19-17(11-16)9-14(3)10-18-20(19)22-12-21-18/h9-10,13-16H,5-8,11-12H2,1-4H3. The van der Waals surface area contributed by atoms with E-state index in [4.69, 9.17) is 9.47 Å². The third-order valence-corrected chi connectivity index (χ3v) is 5.27. The van der Waals surface area contributed by atoms with Gasteiger partial charge in [-0.05, 0) is 61.0 Å². The van der Waals surface area contributed by atoms with Gasteiger partial charge in [0.05, 0.1) is 0 Å². The fourth-order valence-electron chi connectivity index (χ4n) is 4.04. The molecule has 0 aromatic heterocycles. The van der Waals surface area contributed by atoms with Gasteiger partial charge in [0.1, 0.15) is 0 Å². The Morgan fingerprint density at radius 3 is 2.73 bits per heavy atom. The zero-order valence-corrected chi connectivity index (χ0v) is 14.5. The first-order valence-corrected chi connectivity index (χ1v) is 8.97. The summed E-state index contributed by atoms with van der Waals surface area (Å²) in [7, 11) is 0. The van der Waals surface area contributed by atoms with Gasteiger partial charge in [-0.15, -0.1) is 0 Å². The van der Waals surface area contributed by atoms with Gasteiger partial charge >= 0.3 is 0 Å². The molecule has 2 fully saturated rings. The van der Waals surface area contributed by atoms with Gasteiger partial charge in [-0.25, -0.2) is 0 Å². The summed E-state index contributed by atoms with van der Waals surface area (Å²) in [6.07, 6.45) is 11.2. The normalized spacial score (nSPS) is 31.4. The number of hydrogen-bond donors (Lipinski definition) is 0. The van der Waals surface area contributed by atoms with Crippen molar-refractivity contribution in [3.8, 4) is 0 Å². The van der Waals surface area contributed by atoms with Crippen molar-refractivity contribution in [1.29, 1.82) is 0 Å². The van der Waals surface area contributed by atoms with Crippen LogP contribution in [0.2, 0.25) is 0 Å². The first-order chi connectivity index (χ1) is 10.5. The molecule has 2 nitrogen and oxygen atoms in total. The van der Waals surface area contributed by atoms with Crippen molar-refractivity contribution in [1.82, 2.24) is 0 Å². The average molecular weight is 302 g/mol. The van der Waals surface area contributed by atoms with Gasteiger partial charge in [0, 0.05) is 5.57 Å². The third-order valence-electron chi connectivity index (χ3n) is 5.27. The Kier molecular flexibility index (Phi) is 4.65. The smallest absolute Gasteiger partial charge is 0.231 e. The minimum Gasteiger partial charge on any atom is -0.454 e. The van der Waals surface area contributed by atoms with Crippen LogP contribution in [-0.4, -0.2) is 6.79 Å². The molecule has 1 aliphatic heterocycles. The molecule has 1 heterocycles. The number of allylic oxidation sites excluding steroid dienone is 4. The predicted octanol–water partition coefficient (Wildman–Crippen LogP) is 5.58. The Labute approximate surface area is 135 Å². The minimum atomic E-state index is 0.383. The number of rotatable bonds is 3. The van der Waals surface area contributed by atoms with Crippen LogP contribution < -0.4 is 0 Å². The van der Waals surface area contributed by atoms with E-state index in [1.807, 2.05) is 0 Å². The molecule has 122 valence electrons. The first-order valence-electron chi connectivity index (χ1n) is 8.97. The monoisotopic (exact) mass is 302 g/mol. The summed E-state index contributed by atoms with van der Waals surface area (Å²) in [5.74, 6) is 4.63. The van der Waals surface area contributed by atoms with Crippen LogP contribution in [0.5, 0.6) is 0 Å². The fraction of sp³-hybridized carbons (Fsp3) is 0.700. The van der Waals surface area contributed by atoms with Crippen LogP contribution in [0.25, 0.3) is 0 Å². The largest absolute Gasteiger partial charge is 0.454 e. The second-order valence-corrected chi connectivity index (χ2v) is 7.75. The van der Waals surface area contributed by atoms with Crippen LogP contribution in [0.3, 0.4) is 0 Å². The number of hydrogen-bond acceptors (Lipinski definition) is 2. The zero-order valence-electron chi connectivity index (χ0n) is 14.5. The quantitative estimate of drug-likeness (QED) is 0.678. The lowest BCUT2D eigenvalue weighted by molar-refractivity contribution is 0.0961. The minimum absolute atomic E-state index is 0.383. The average Bonchev–Trinajstić information content (AvgIpc) is 2.77. The molecule has 3 unspecified atom stereocenters. The lowest BCUT2D eigenvalue weighted by atomic mass is 9.88. The topological polar surface area (TPSA) is 18.5 Å². The van der Waals surface area contributed by atoms with E-state index in [1.165, 1.54) is 43.3 Å². The maximum atomic E-state index is 5.86. The van der Waals surface area contributed by atoms with Gasteiger partial charge < -0.3 is 9.47 Å². The van der Waals surface area contributed by atoms with Gasteiger partial charge in [0.2, 0.25) is 6.79 Å². The van der Waals surface area contributed by atoms with Crippen LogP contribution in [0, 0.1) is 23.7 Å². The van der Waals surface area contributed by atoms with E-state index in [2.05, 4.69) is 39.8 Å². The van der Waals surface area contributed by atoms with Gasteiger partial charge in [-0.1, -0.05) is 40.2 Å². The molecule has 1 saturated carbocycles. The molecule has 0 radical (unpaired) electrons. The summed E-state index contributed by atoms with van der Waals surface area (Å²) in [5.41, 5.74) is 2.96. The number of fused-ring (bicyclic) bond motifs is 2. The second-order valence-electron chi connectivity index (χ2n) is 7.75. The van der Waals surface area contributed by atoms with Crippen molar-refractivity contribution in [2.24, 2.45) is 23.7 Å². The highest BCUT2D eigenvalue weighted by atomic mass is 16.7. The van der Waals surface area contributed by atoms with Crippen molar-refractivity contribution in [3.63, 3.8) is 0 Å². The van der Waals surface area contributed by atoms with Crippen LogP contribution >= 0.6 is 0 Å². The summed E-state index contributed by atoms with van der Waals surface area (Å²) in [4.78, 5) is 0. The molecular formula is C20H30O2. The number of ether oxygens (including phenoxy) is 2. The summed E-state index contributed by atoms with van der Waals surface area (Å²) in [6, 6.07) is 0. The van der Waals surface area contributed by atoms with E-state index in [0.29, 0.717) is 18.6 Å². The Bertz CT molecular complexity index is 510. The molecule has 22 heavy (non-hydrogen) atoms. The SMILES string of the molecule is CC1C=C2CC(CCC(C)C)CCC(C)C2=C2OCOC2=C1. The Morgan fingerprint density at radius 2 is 1.95 bits per heavy atom. The van der Waals surface area contributed by atoms with Gasteiger partial charge in [0.25, 0.3) is 0 Å². The first kappa shape index (κ1) is 15.7. The van der Waals surface area contributed by atoms with Gasteiger partial charge in [-0.2, -0.15) is 0 Å². The van der Waals surface area contributed by atoms with Crippen molar-refractivity contribution in [3.05, 3.63) is 34.8 Å². The molecule has 0 aromatic rings. The summed E-state index contributed by atoms with van der Waals surface area (Å²) in [6.45, 7) is 9.66. The Hall–Kier alpha value is -1.18. The molecule has 0 N–H and O–H groups in total. The van der Waals surface area contributed by atoms with E-state index in [1.54, 1.807) is 0 Å². The third kappa shape index (κ3) is 3.26. The predicted molar refractivity (Wildman–Crippen MR) is 90.0 cm³/mol. The van der Waals surface area contributed by atoms with Crippen LogP contribution in [-0.2, 0) is 9.47 Å². The highest BCUT2D eigenvalue weighted by molar-refractivity contribution is 5.46. The zero-order chi connectivity index (χ0) is 15.7. The highest BCUT2D eigenvalue weighted by Crippen LogP contribution is 2.44. The molecule has 1 saturated heterocycles. The highest BCUT2D eigenvalue weighted by Gasteiger charge is 2.32. The molecule has 2 aliphatic carbocycles. The van der Waals surface area contributed by atoms with Crippen LogP contribution in [0.4, 0.5) is 0 Å². The van der Waals surface area contributed by atoms with E-state index in [9.17, 15) is 0 Å². The lowest BCUT2D eigenvalue weighted by Crippen LogP contribution is -2.05. The molecule has 0 amide bonds. The maximum absolute atomic E-state index is 5.86. The van der Waals surface area contributed by atoms with Crippen LogP contribution in [0.15, 0.2) is 34.8 Å². The molecular weight excluding hydrogens is 272 g/mol. The molecule has 3 atom stereocenters. The fourth-order valence-corrected chi connectivity index (χ4v) is 4.04. The second kappa shape index (κ2) is 6.52. The van der Waals surface area contributed by atoms with Crippen molar-refractivity contribution in [2.45, 2.75) is 59.8 Å². The van der Waals surface area contributed by atoms with Crippen LogP contribution in [0.1, 0.15) is 59.8 Å². The molecule has 3 aliphatic rings. The lowest BCUT2D eigenvalue weighted by Gasteiger charge is -2.18. The summed E-state index contributed by atoms with van der Waals surface area (Å²) in [5, 5.41) is 0. The molecule has 0 bridgehead atoms. The van der Waals surface area contributed by atoms with E-state index >= 15 is 0 Å². The molecule has 3 rings (SSSR count). The Morgan fingerprint density at radius 1 is 1.14 bits per heavy atom. The Balaban J connectivity index is 1.89. The molecule has 0 aromatic carbocycles. The van der Waals surface area contributed by atoms with Crippen molar-refractivity contribution in [2.75, 3.05) is 6.79 Å².